The fourth-order valence-electron chi connectivity index (χ4n) is 2.78. The van der Waals surface area contributed by atoms with Gasteiger partial charge in [-0.3, -0.25) is 4.90 Å². The zero-order valence-electron chi connectivity index (χ0n) is 10.7. The Bertz CT molecular complexity index is 400. The number of ether oxygens (including phenoxy) is 1. The predicted octanol–water partition coefficient (Wildman–Crippen LogP) is 2.96. The second-order valence-corrected chi connectivity index (χ2v) is 5.47. The van der Waals surface area contributed by atoms with Gasteiger partial charge in [-0.2, -0.15) is 0 Å². The highest BCUT2D eigenvalue weighted by atomic mass is 16.5. The topological polar surface area (TPSA) is 12.5 Å². The maximum Gasteiger partial charge on any atom is 0.0664 e. The quantitative estimate of drug-likeness (QED) is 0.776. The zero-order chi connectivity index (χ0) is 11.8. The van der Waals surface area contributed by atoms with Gasteiger partial charge in [0.2, 0.25) is 0 Å². The molecule has 2 nitrogen and oxygen atoms in total. The Morgan fingerprint density at radius 1 is 1.12 bits per heavy atom. The highest BCUT2D eigenvalue weighted by Crippen LogP contribution is 2.44. The lowest BCUT2D eigenvalue weighted by molar-refractivity contribution is -0.0308. The first-order valence-corrected chi connectivity index (χ1v) is 6.66. The van der Waals surface area contributed by atoms with E-state index in [1.54, 1.807) is 5.56 Å². The second kappa shape index (κ2) is 4.43. The smallest absolute Gasteiger partial charge is 0.0664 e. The molecule has 2 atom stereocenters. The van der Waals surface area contributed by atoms with Crippen molar-refractivity contribution in [2.45, 2.75) is 37.8 Å². The number of likely N-dealkylation sites (N-methyl/N-ethyl adjacent to an activating group) is 1. The van der Waals surface area contributed by atoms with E-state index in [0.29, 0.717) is 12.1 Å². The molecule has 1 aliphatic heterocycles. The summed E-state index contributed by atoms with van der Waals surface area (Å²) in [5.41, 5.74) is 3.05. The molecule has 1 aliphatic carbocycles. The summed E-state index contributed by atoms with van der Waals surface area (Å²) in [6.07, 6.45) is 2.73. The van der Waals surface area contributed by atoms with Gasteiger partial charge >= 0.3 is 0 Å². The van der Waals surface area contributed by atoms with Gasteiger partial charge in [0.1, 0.15) is 0 Å². The fraction of sp³-hybridized carbons (Fsp3) is 0.600. The van der Waals surface area contributed by atoms with Gasteiger partial charge < -0.3 is 4.74 Å². The van der Waals surface area contributed by atoms with Gasteiger partial charge in [-0.1, -0.05) is 24.3 Å². The number of nitrogens with zero attached hydrogens (tertiary/aromatic N) is 1. The van der Waals surface area contributed by atoms with E-state index >= 15 is 0 Å². The molecular weight excluding hydrogens is 210 g/mol. The van der Waals surface area contributed by atoms with E-state index in [-0.39, 0.29) is 0 Å². The fourth-order valence-corrected chi connectivity index (χ4v) is 2.78. The summed E-state index contributed by atoms with van der Waals surface area (Å²) in [6, 6.07) is 9.88. The SMILES string of the molecule is CC1COCC(c2ccccc2C2CC2)N1C. The monoisotopic (exact) mass is 231 g/mol. The van der Waals surface area contributed by atoms with Crippen LogP contribution in [-0.4, -0.2) is 31.2 Å². The van der Waals surface area contributed by atoms with Crippen molar-refractivity contribution in [1.82, 2.24) is 4.90 Å². The molecule has 1 heterocycles. The average Bonchev–Trinajstić information content (AvgIpc) is 3.17. The maximum atomic E-state index is 5.73. The van der Waals surface area contributed by atoms with Crippen molar-refractivity contribution in [3.8, 4) is 0 Å². The van der Waals surface area contributed by atoms with Crippen molar-refractivity contribution in [2.75, 3.05) is 20.3 Å². The lowest BCUT2D eigenvalue weighted by atomic mass is 9.95. The molecule has 92 valence electrons. The normalized spacial score (nSPS) is 30.5. The Morgan fingerprint density at radius 3 is 2.53 bits per heavy atom. The van der Waals surface area contributed by atoms with Crippen LogP contribution in [0.3, 0.4) is 0 Å². The van der Waals surface area contributed by atoms with Gasteiger partial charge in [0.05, 0.1) is 19.3 Å². The Morgan fingerprint density at radius 2 is 1.82 bits per heavy atom. The van der Waals surface area contributed by atoms with E-state index in [1.807, 2.05) is 0 Å². The summed E-state index contributed by atoms with van der Waals surface area (Å²) in [7, 11) is 2.22. The number of rotatable bonds is 2. The second-order valence-electron chi connectivity index (χ2n) is 5.47. The van der Waals surface area contributed by atoms with Crippen molar-refractivity contribution in [2.24, 2.45) is 0 Å². The first-order chi connectivity index (χ1) is 8.27. The third-order valence-electron chi connectivity index (χ3n) is 4.19. The van der Waals surface area contributed by atoms with Crippen LogP contribution < -0.4 is 0 Å². The molecule has 2 unspecified atom stereocenters. The van der Waals surface area contributed by atoms with Gasteiger partial charge in [-0.25, -0.2) is 0 Å². The molecular formula is C15H21NO. The molecule has 3 rings (SSSR count). The maximum absolute atomic E-state index is 5.73. The summed E-state index contributed by atoms with van der Waals surface area (Å²) in [6.45, 7) is 3.94. The molecule has 1 aromatic rings. The molecule has 1 saturated carbocycles. The van der Waals surface area contributed by atoms with Gasteiger partial charge in [-0.05, 0) is 43.9 Å². The number of benzene rings is 1. The minimum atomic E-state index is 0.440. The highest BCUT2D eigenvalue weighted by Gasteiger charge is 2.32. The van der Waals surface area contributed by atoms with E-state index in [9.17, 15) is 0 Å². The number of morpholine rings is 1. The molecule has 2 fully saturated rings. The molecule has 0 bridgehead atoms. The molecule has 0 radical (unpaired) electrons. The van der Waals surface area contributed by atoms with E-state index in [0.717, 1.165) is 19.1 Å². The summed E-state index contributed by atoms with van der Waals surface area (Å²) in [5, 5.41) is 0. The Labute approximate surface area is 104 Å². The molecule has 0 aromatic heterocycles. The molecule has 2 aliphatic rings. The van der Waals surface area contributed by atoms with Crippen LogP contribution in [0.1, 0.15) is 42.9 Å². The van der Waals surface area contributed by atoms with Crippen molar-refractivity contribution in [3.05, 3.63) is 35.4 Å². The van der Waals surface area contributed by atoms with Crippen LogP contribution in [-0.2, 0) is 4.74 Å². The van der Waals surface area contributed by atoms with Crippen LogP contribution in [0.2, 0.25) is 0 Å². The molecule has 2 heteroatoms. The summed E-state index contributed by atoms with van der Waals surface area (Å²) >= 11 is 0. The van der Waals surface area contributed by atoms with Crippen LogP contribution in [0, 0.1) is 0 Å². The van der Waals surface area contributed by atoms with Gasteiger partial charge in [0.25, 0.3) is 0 Å². The number of hydrogen-bond donors (Lipinski definition) is 0. The van der Waals surface area contributed by atoms with Gasteiger partial charge in [0.15, 0.2) is 0 Å². The largest absolute Gasteiger partial charge is 0.378 e. The van der Waals surface area contributed by atoms with E-state index < -0.39 is 0 Å². The standard InChI is InChI=1S/C15H21NO/c1-11-9-17-10-15(16(11)2)14-6-4-3-5-13(14)12-7-8-12/h3-6,11-12,15H,7-10H2,1-2H3. The average molecular weight is 231 g/mol. The lowest BCUT2D eigenvalue weighted by Crippen LogP contribution is -2.43. The zero-order valence-corrected chi connectivity index (χ0v) is 10.7. The van der Waals surface area contributed by atoms with E-state index in [2.05, 4.69) is 43.1 Å². The third kappa shape index (κ3) is 2.12. The molecule has 1 aromatic carbocycles. The summed E-state index contributed by atoms with van der Waals surface area (Å²) < 4.78 is 5.73. The van der Waals surface area contributed by atoms with Crippen LogP contribution in [0.5, 0.6) is 0 Å². The van der Waals surface area contributed by atoms with Crippen molar-refractivity contribution in [1.29, 1.82) is 0 Å². The van der Waals surface area contributed by atoms with Crippen LogP contribution in [0.25, 0.3) is 0 Å². The summed E-state index contributed by atoms with van der Waals surface area (Å²) in [5.74, 6) is 0.817. The highest BCUT2D eigenvalue weighted by molar-refractivity contribution is 5.36. The molecule has 1 saturated heterocycles. The minimum absolute atomic E-state index is 0.440. The Balaban J connectivity index is 1.92. The summed E-state index contributed by atoms with van der Waals surface area (Å²) in [4.78, 5) is 2.46. The number of hydrogen-bond acceptors (Lipinski definition) is 2. The first-order valence-electron chi connectivity index (χ1n) is 6.66. The third-order valence-corrected chi connectivity index (χ3v) is 4.19. The van der Waals surface area contributed by atoms with E-state index in [1.165, 1.54) is 18.4 Å². The van der Waals surface area contributed by atoms with Crippen molar-refractivity contribution < 1.29 is 4.74 Å². The first kappa shape index (κ1) is 11.2. The lowest BCUT2D eigenvalue weighted by Gasteiger charge is -2.38. The van der Waals surface area contributed by atoms with Gasteiger partial charge in [-0.15, -0.1) is 0 Å². The molecule has 0 N–H and O–H groups in total. The Hall–Kier alpha value is -0.860. The van der Waals surface area contributed by atoms with Crippen molar-refractivity contribution in [3.63, 3.8) is 0 Å². The predicted molar refractivity (Wildman–Crippen MR) is 69.2 cm³/mol. The van der Waals surface area contributed by atoms with Crippen LogP contribution in [0.15, 0.2) is 24.3 Å². The molecule has 0 amide bonds. The van der Waals surface area contributed by atoms with Gasteiger partial charge in [0, 0.05) is 6.04 Å². The minimum Gasteiger partial charge on any atom is -0.378 e. The van der Waals surface area contributed by atoms with Crippen LogP contribution in [0.4, 0.5) is 0 Å². The van der Waals surface area contributed by atoms with Crippen LogP contribution >= 0.6 is 0 Å². The molecule has 0 spiro atoms. The Kier molecular flexibility index (Phi) is 2.93. The van der Waals surface area contributed by atoms with E-state index in [4.69, 9.17) is 4.74 Å². The van der Waals surface area contributed by atoms with Crippen molar-refractivity contribution >= 4 is 0 Å². The molecule has 17 heavy (non-hydrogen) atoms.